The molecule has 0 saturated heterocycles. The fraction of sp³-hybridized carbons (Fsp3) is 0.333. The highest BCUT2D eigenvalue weighted by Crippen LogP contribution is 2.23. The Labute approximate surface area is 134 Å². The quantitative estimate of drug-likeness (QED) is 0.730. The molecule has 3 aromatic heterocycles. The Morgan fingerprint density at radius 3 is 3.00 bits per heavy atom. The van der Waals surface area contributed by atoms with Gasteiger partial charge in [0.1, 0.15) is 5.82 Å². The van der Waals surface area contributed by atoms with Gasteiger partial charge in [-0.3, -0.25) is 14.3 Å². The summed E-state index contributed by atoms with van der Waals surface area (Å²) in [4.78, 5) is 26.1. The molecule has 0 spiro atoms. The van der Waals surface area contributed by atoms with Gasteiger partial charge in [0.05, 0.1) is 11.2 Å². The van der Waals surface area contributed by atoms with Crippen LogP contribution in [0.25, 0.3) is 22.3 Å². The van der Waals surface area contributed by atoms with Crippen molar-refractivity contribution < 1.29 is 0 Å². The van der Waals surface area contributed by atoms with E-state index in [1.165, 1.54) is 0 Å². The lowest BCUT2D eigenvalue weighted by atomic mass is 9.96. The molecule has 4 rings (SSSR count). The maximum atomic E-state index is 12.7. The van der Waals surface area contributed by atoms with Gasteiger partial charge in [0, 0.05) is 30.9 Å². The summed E-state index contributed by atoms with van der Waals surface area (Å²) >= 11 is 0. The molecule has 5 heteroatoms. The molecule has 116 valence electrons. The summed E-state index contributed by atoms with van der Waals surface area (Å²) in [7, 11) is 0. The maximum absolute atomic E-state index is 12.7. The smallest absolute Gasteiger partial charge is 0.280 e. The van der Waals surface area contributed by atoms with Crippen LogP contribution in [0, 0.1) is 5.92 Å². The van der Waals surface area contributed by atoms with Crippen molar-refractivity contribution in [1.29, 1.82) is 0 Å². The second kappa shape index (κ2) is 5.57. The summed E-state index contributed by atoms with van der Waals surface area (Å²) < 4.78 is 1.81. The zero-order valence-corrected chi connectivity index (χ0v) is 13.1. The Hall–Kier alpha value is -2.56. The van der Waals surface area contributed by atoms with E-state index in [4.69, 9.17) is 4.98 Å². The normalized spacial score (nSPS) is 17.2. The molecule has 0 aliphatic carbocycles. The first-order valence-corrected chi connectivity index (χ1v) is 8.07. The fourth-order valence-electron chi connectivity index (χ4n) is 3.22. The van der Waals surface area contributed by atoms with E-state index in [9.17, 15) is 4.79 Å². The Morgan fingerprint density at radius 1 is 1.30 bits per heavy atom. The van der Waals surface area contributed by atoms with Gasteiger partial charge in [0.25, 0.3) is 5.56 Å². The molecule has 0 saturated carbocycles. The molecule has 0 radical (unpaired) electrons. The number of rotatable bonds is 2. The highest BCUT2D eigenvalue weighted by Gasteiger charge is 2.21. The highest BCUT2D eigenvalue weighted by atomic mass is 16.1. The Morgan fingerprint density at radius 2 is 2.22 bits per heavy atom. The van der Waals surface area contributed by atoms with Crippen molar-refractivity contribution in [2.45, 2.75) is 32.7 Å². The number of aromatic nitrogens is 4. The van der Waals surface area contributed by atoms with Gasteiger partial charge in [0.2, 0.25) is 0 Å². The summed E-state index contributed by atoms with van der Waals surface area (Å²) in [5.41, 5.74) is 2.82. The summed E-state index contributed by atoms with van der Waals surface area (Å²) in [6.07, 6.45) is 6.51. The topological polar surface area (TPSA) is 60.7 Å². The van der Waals surface area contributed by atoms with Gasteiger partial charge in [0.15, 0.2) is 5.52 Å². The summed E-state index contributed by atoms with van der Waals surface area (Å²) in [6.45, 7) is 2.93. The van der Waals surface area contributed by atoms with Crippen LogP contribution in [0.1, 0.15) is 25.6 Å². The molecule has 5 nitrogen and oxygen atoms in total. The van der Waals surface area contributed by atoms with Gasteiger partial charge < -0.3 is 0 Å². The second-order valence-electron chi connectivity index (χ2n) is 6.06. The highest BCUT2D eigenvalue weighted by molar-refractivity contribution is 5.78. The van der Waals surface area contributed by atoms with E-state index in [1.54, 1.807) is 12.4 Å². The molecule has 1 unspecified atom stereocenters. The number of aryl methyl sites for hydroxylation is 1. The first-order chi connectivity index (χ1) is 11.3. The first kappa shape index (κ1) is 14.1. The van der Waals surface area contributed by atoms with E-state index < -0.39 is 0 Å². The van der Waals surface area contributed by atoms with Crippen molar-refractivity contribution in [3.05, 3.63) is 52.8 Å². The van der Waals surface area contributed by atoms with E-state index in [2.05, 4.69) is 16.9 Å². The predicted octanol–water partition coefficient (Wildman–Crippen LogP) is 2.83. The van der Waals surface area contributed by atoms with E-state index in [-0.39, 0.29) is 5.56 Å². The number of hydrogen-bond acceptors (Lipinski definition) is 4. The van der Waals surface area contributed by atoms with Crippen LogP contribution >= 0.6 is 0 Å². The summed E-state index contributed by atoms with van der Waals surface area (Å²) in [6, 6.07) is 7.66. The van der Waals surface area contributed by atoms with Crippen LogP contribution in [-0.4, -0.2) is 19.5 Å². The molecule has 23 heavy (non-hydrogen) atoms. The van der Waals surface area contributed by atoms with Gasteiger partial charge in [-0.2, -0.15) is 0 Å². The zero-order chi connectivity index (χ0) is 15.8. The molecule has 0 N–H and O–H groups in total. The molecule has 0 bridgehead atoms. The molecular formula is C18H18N4O. The molecular weight excluding hydrogens is 288 g/mol. The van der Waals surface area contributed by atoms with Crippen molar-refractivity contribution in [1.82, 2.24) is 19.5 Å². The molecule has 1 atom stereocenters. The number of nitrogens with zero attached hydrogens (tertiary/aromatic N) is 4. The van der Waals surface area contributed by atoms with Crippen molar-refractivity contribution in [3.8, 4) is 11.3 Å². The molecule has 0 aromatic carbocycles. The van der Waals surface area contributed by atoms with Gasteiger partial charge >= 0.3 is 0 Å². The Kier molecular flexibility index (Phi) is 3.41. The zero-order valence-electron chi connectivity index (χ0n) is 13.1. The molecule has 3 aromatic rings. The minimum absolute atomic E-state index is 0.0179. The van der Waals surface area contributed by atoms with Gasteiger partial charge in [-0.15, -0.1) is 0 Å². The van der Waals surface area contributed by atoms with Crippen LogP contribution < -0.4 is 5.56 Å². The van der Waals surface area contributed by atoms with E-state index in [0.29, 0.717) is 17.0 Å². The van der Waals surface area contributed by atoms with Gasteiger partial charge in [-0.1, -0.05) is 19.4 Å². The number of hydrogen-bond donors (Lipinski definition) is 0. The van der Waals surface area contributed by atoms with E-state index >= 15 is 0 Å². The molecule has 0 fully saturated rings. The summed E-state index contributed by atoms with van der Waals surface area (Å²) in [5, 5.41) is 0. The SMILES string of the molecule is CCC1CCc2nc3cc(-c4ccccn4)cnc3c(=O)n2C1. The van der Waals surface area contributed by atoms with Crippen molar-refractivity contribution in [2.75, 3.05) is 0 Å². The third-order valence-electron chi connectivity index (χ3n) is 4.63. The number of fused-ring (bicyclic) bond motifs is 2. The second-order valence-corrected chi connectivity index (χ2v) is 6.06. The van der Waals surface area contributed by atoms with Crippen LogP contribution in [-0.2, 0) is 13.0 Å². The first-order valence-electron chi connectivity index (χ1n) is 8.07. The lowest BCUT2D eigenvalue weighted by Gasteiger charge is -2.24. The van der Waals surface area contributed by atoms with E-state index in [1.807, 2.05) is 28.8 Å². The number of pyridine rings is 2. The van der Waals surface area contributed by atoms with Crippen molar-refractivity contribution in [2.24, 2.45) is 5.92 Å². The minimum atomic E-state index is -0.0179. The molecule has 0 amide bonds. The molecule has 1 aliphatic heterocycles. The standard InChI is InChI=1S/C18H18N4O/c1-2-12-6-7-16-21-15-9-13(14-5-3-4-8-19-14)10-20-17(15)18(23)22(16)11-12/h3-5,8-10,12H,2,6-7,11H2,1H3. The third-order valence-corrected chi connectivity index (χ3v) is 4.63. The monoisotopic (exact) mass is 306 g/mol. The third kappa shape index (κ3) is 2.42. The van der Waals surface area contributed by atoms with E-state index in [0.717, 1.165) is 42.9 Å². The van der Waals surface area contributed by atoms with Crippen LogP contribution in [0.2, 0.25) is 0 Å². The van der Waals surface area contributed by atoms with Gasteiger partial charge in [-0.05, 0) is 30.5 Å². The Bertz CT molecular complexity index is 917. The molecule has 4 heterocycles. The lowest BCUT2D eigenvalue weighted by molar-refractivity contribution is 0.346. The predicted molar refractivity (Wildman–Crippen MR) is 89.1 cm³/mol. The van der Waals surface area contributed by atoms with Gasteiger partial charge in [-0.25, -0.2) is 9.97 Å². The summed E-state index contributed by atoms with van der Waals surface area (Å²) in [5.74, 6) is 1.44. The van der Waals surface area contributed by atoms with Crippen LogP contribution in [0.15, 0.2) is 41.5 Å². The largest absolute Gasteiger partial charge is 0.294 e. The van der Waals surface area contributed by atoms with Crippen LogP contribution in [0.5, 0.6) is 0 Å². The molecule has 1 aliphatic rings. The maximum Gasteiger partial charge on any atom is 0.280 e. The average molecular weight is 306 g/mol. The van der Waals surface area contributed by atoms with Crippen LogP contribution in [0.3, 0.4) is 0 Å². The van der Waals surface area contributed by atoms with Crippen LogP contribution in [0.4, 0.5) is 0 Å². The lowest BCUT2D eigenvalue weighted by Crippen LogP contribution is -2.32. The minimum Gasteiger partial charge on any atom is -0.294 e. The Balaban J connectivity index is 1.86. The average Bonchev–Trinajstić information content (AvgIpc) is 2.62. The van der Waals surface area contributed by atoms with Crippen molar-refractivity contribution in [3.63, 3.8) is 0 Å². The fourth-order valence-corrected chi connectivity index (χ4v) is 3.22. The van der Waals surface area contributed by atoms with Crippen molar-refractivity contribution >= 4 is 11.0 Å².